The van der Waals surface area contributed by atoms with Crippen molar-refractivity contribution in [2.45, 2.75) is 0 Å². The Hall–Kier alpha value is -3.13. The molecule has 0 bridgehead atoms. The van der Waals surface area contributed by atoms with Gasteiger partial charge < -0.3 is 15.4 Å². The molecule has 2 amide bonds. The van der Waals surface area contributed by atoms with Gasteiger partial charge in [0.05, 0.1) is 10.6 Å². The number of hydrogen-bond donors (Lipinski definition) is 2. The highest BCUT2D eigenvalue weighted by molar-refractivity contribution is 6.31. The minimum absolute atomic E-state index is 0.0737. The molecule has 2 aromatic carbocycles. The lowest BCUT2D eigenvalue weighted by Gasteiger charge is -2.18. The summed E-state index contributed by atoms with van der Waals surface area (Å²) in [6.45, 7) is -0.0737. The molecule has 2 aromatic rings. The van der Waals surface area contributed by atoms with E-state index in [0.29, 0.717) is 17.1 Å². The number of carbonyl (C=O) groups is 2. The van der Waals surface area contributed by atoms with Crippen molar-refractivity contribution in [3.63, 3.8) is 0 Å². The predicted octanol–water partition coefficient (Wildman–Crippen LogP) is 2.83. The Balaban J connectivity index is 1.87. The molecule has 122 valence electrons. The second-order valence-electron chi connectivity index (χ2n) is 4.92. The number of ether oxygens (including phenoxy) is 1. The lowest BCUT2D eigenvalue weighted by atomic mass is 10.1. The average Bonchev–Trinajstić information content (AvgIpc) is 2.54. The van der Waals surface area contributed by atoms with Gasteiger partial charge in [0.2, 0.25) is 0 Å². The number of nitro groups is 1. The van der Waals surface area contributed by atoms with Crippen molar-refractivity contribution in [1.29, 1.82) is 0 Å². The minimum Gasteiger partial charge on any atom is -0.482 e. The summed E-state index contributed by atoms with van der Waals surface area (Å²) in [5.74, 6) is -0.495. The van der Waals surface area contributed by atoms with Gasteiger partial charge in [0.15, 0.2) is 6.61 Å². The van der Waals surface area contributed by atoms with Gasteiger partial charge in [0, 0.05) is 16.8 Å². The number of anilines is 2. The van der Waals surface area contributed by atoms with Gasteiger partial charge >= 0.3 is 0 Å². The Morgan fingerprint density at radius 2 is 2.08 bits per heavy atom. The number of amides is 2. The molecule has 0 aliphatic carbocycles. The van der Waals surface area contributed by atoms with Crippen LogP contribution in [0.3, 0.4) is 0 Å². The Labute approximate surface area is 140 Å². The van der Waals surface area contributed by atoms with E-state index in [1.54, 1.807) is 12.1 Å². The molecule has 0 unspecified atom stereocenters. The molecule has 0 saturated heterocycles. The molecule has 1 aliphatic rings. The highest BCUT2D eigenvalue weighted by Crippen LogP contribution is 2.31. The second-order valence-corrected chi connectivity index (χ2v) is 5.36. The third kappa shape index (κ3) is 3.13. The number of rotatable bonds is 3. The van der Waals surface area contributed by atoms with Gasteiger partial charge in [-0.05, 0) is 30.3 Å². The largest absolute Gasteiger partial charge is 0.482 e. The van der Waals surface area contributed by atoms with E-state index in [1.807, 2.05) is 0 Å². The molecule has 0 saturated carbocycles. The first-order valence-electron chi connectivity index (χ1n) is 6.76. The van der Waals surface area contributed by atoms with E-state index in [1.165, 1.54) is 18.2 Å². The van der Waals surface area contributed by atoms with Crippen molar-refractivity contribution in [1.82, 2.24) is 0 Å². The summed E-state index contributed by atoms with van der Waals surface area (Å²) in [6, 6.07) is 8.43. The van der Waals surface area contributed by atoms with Gasteiger partial charge in [-0.25, -0.2) is 0 Å². The van der Waals surface area contributed by atoms with Gasteiger partial charge in [-0.2, -0.15) is 0 Å². The van der Waals surface area contributed by atoms with Crippen molar-refractivity contribution < 1.29 is 19.2 Å². The lowest BCUT2D eigenvalue weighted by Crippen LogP contribution is -2.25. The molecule has 1 heterocycles. The maximum absolute atomic E-state index is 12.3. The van der Waals surface area contributed by atoms with Crippen LogP contribution in [0.2, 0.25) is 5.02 Å². The third-order valence-electron chi connectivity index (χ3n) is 3.27. The van der Waals surface area contributed by atoms with E-state index in [-0.39, 0.29) is 23.1 Å². The number of fused-ring (bicyclic) bond motifs is 1. The Kier molecular flexibility index (Phi) is 4.05. The maximum atomic E-state index is 12.3. The van der Waals surface area contributed by atoms with Gasteiger partial charge in [0.1, 0.15) is 11.3 Å². The Morgan fingerprint density at radius 3 is 2.83 bits per heavy atom. The van der Waals surface area contributed by atoms with Crippen molar-refractivity contribution in [2.75, 3.05) is 17.2 Å². The molecule has 0 atom stereocenters. The standard InChI is InChI=1S/C15H10ClN3O5/c16-8-1-3-10(12(5-8)19(22)23)15(21)17-9-2-4-13-11(6-9)18-14(20)7-24-13/h1-6H,7H2,(H,17,21)(H,18,20). The molecule has 0 spiro atoms. The van der Waals surface area contributed by atoms with E-state index in [9.17, 15) is 19.7 Å². The number of carbonyl (C=O) groups excluding carboxylic acids is 2. The summed E-state index contributed by atoms with van der Waals surface area (Å²) in [5.41, 5.74) is 0.250. The first-order chi connectivity index (χ1) is 11.4. The fourth-order valence-electron chi connectivity index (χ4n) is 2.21. The maximum Gasteiger partial charge on any atom is 0.283 e. The molecular formula is C15H10ClN3O5. The van der Waals surface area contributed by atoms with Crippen LogP contribution in [0.5, 0.6) is 5.75 Å². The molecule has 9 heteroatoms. The Bertz CT molecular complexity index is 868. The van der Waals surface area contributed by atoms with E-state index in [0.717, 1.165) is 6.07 Å². The molecule has 0 fully saturated rings. The van der Waals surface area contributed by atoms with E-state index in [2.05, 4.69) is 10.6 Å². The minimum atomic E-state index is -0.679. The third-order valence-corrected chi connectivity index (χ3v) is 3.51. The summed E-state index contributed by atoms with van der Waals surface area (Å²) in [5, 5.41) is 16.4. The number of nitro benzene ring substituents is 1. The van der Waals surface area contributed by atoms with Crippen LogP contribution in [0.15, 0.2) is 36.4 Å². The van der Waals surface area contributed by atoms with Crippen LogP contribution in [0.4, 0.5) is 17.1 Å². The van der Waals surface area contributed by atoms with Gasteiger partial charge in [0.25, 0.3) is 17.5 Å². The van der Waals surface area contributed by atoms with Crippen molar-refractivity contribution in [3.05, 3.63) is 57.1 Å². The van der Waals surface area contributed by atoms with Crippen LogP contribution >= 0.6 is 11.6 Å². The summed E-state index contributed by atoms with van der Waals surface area (Å²) < 4.78 is 5.22. The van der Waals surface area contributed by atoms with E-state index in [4.69, 9.17) is 16.3 Å². The highest BCUT2D eigenvalue weighted by atomic mass is 35.5. The van der Waals surface area contributed by atoms with Crippen LogP contribution in [0.1, 0.15) is 10.4 Å². The monoisotopic (exact) mass is 347 g/mol. The zero-order chi connectivity index (χ0) is 17.3. The van der Waals surface area contributed by atoms with Crippen molar-refractivity contribution in [2.24, 2.45) is 0 Å². The van der Waals surface area contributed by atoms with Crippen molar-refractivity contribution >= 4 is 40.5 Å². The molecule has 24 heavy (non-hydrogen) atoms. The number of nitrogens with zero attached hydrogens (tertiary/aromatic N) is 1. The lowest BCUT2D eigenvalue weighted by molar-refractivity contribution is -0.385. The fraction of sp³-hybridized carbons (Fsp3) is 0.0667. The first-order valence-corrected chi connectivity index (χ1v) is 7.14. The normalized spacial score (nSPS) is 12.6. The summed E-state index contributed by atoms with van der Waals surface area (Å²) in [7, 11) is 0. The quantitative estimate of drug-likeness (QED) is 0.655. The Morgan fingerprint density at radius 1 is 1.29 bits per heavy atom. The number of hydrogen-bond acceptors (Lipinski definition) is 5. The average molecular weight is 348 g/mol. The zero-order valence-corrected chi connectivity index (χ0v) is 12.8. The van der Waals surface area contributed by atoms with Gasteiger partial charge in [-0.1, -0.05) is 11.6 Å². The highest BCUT2D eigenvalue weighted by Gasteiger charge is 2.22. The number of nitrogens with one attached hydrogen (secondary N) is 2. The topological polar surface area (TPSA) is 111 Å². The predicted molar refractivity (Wildman–Crippen MR) is 86.6 cm³/mol. The van der Waals surface area contributed by atoms with Crippen LogP contribution in [0.25, 0.3) is 0 Å². The number of benzene rings is 2. The first kappa shape index (κ1) is 15.8. The van der Waals surface area contributed by atoms with Gasteiger partial charge in [-0.15, -0.1) is 0 Å². The van der Waals surface area contributed by atoms with Crippen LogP contribution in [-0.4, -0.2) is 23.3 Å². The summed E-state index contributed by atoms with van der Waals surface area (Å²) >= 11 is 5.73. The fourth-order valence-corrected chi connectivity index (χ4v) is 2.37. The van der Waals surface area contributed by atoms with Crippen LogP contribution in [-0.2, 0) is 4.79 Å². The molecule has 0 aromatic heterocycles. The molecular weight excluding hydrogens is 338 g/mol. The van der Waals surface area contributed by atoms with Crippen LogP contribution < -0.4 is 15.4 Å². The zero-order valence-electron chi connectivity index (χ0n) is 12.0. The molecule has 0 radical (unpaired) electrons. The smallest absolute Gasteiger partial charge is 0.283 e. The number of halogens is 1. The summed E-state index contributed by atoms with van der Waals surface area (Å²) in [4.78, 5) is 34.0. The van der Waals surface area contributed by atoms with Crippen LogP contribution in [0, 0.1) is 10.1 Å². The second kappa shape index (κ2) is 6.17. The van der Waals surface area contributed by atoms with E-state index >= 15 is 0 Å². The molecule has 8 nitrogen and oxygen atoms in total. The summed E-state index contributed by atoms with van der Waals surface area (Å²) in [6.07, 6.45) is 0. The molecule has 2 N–H and O–H groups in total. The van der Waals surface area contributed by atoms with E-state index < -0.39 is 16.5 Å². The van der Waals surface area contributed by atoms with Crippen molar-refractivity contribution in [3.8, 4) is 5.75 Å². The molecule has 1 aliphatic heterocycles. The SMILES string of the molecule is O=C1COc2ccc(NC(=O)c3ccc(Cl)cc3[N+](=O)[O-])cc2N1. The molecule has 3 rings (SSSR count). The van der Waals surface area contributed by atoms with Gasteiger partial charge in [-0.3, -0.25) is 19.7 Å².